The number of nitro benzene ring substituents is 1. The minimum atomic E-state index is -0.576. The first-order valence-corrected chi connectivity index (χ1v) is 6.91. The van der Waals surface area contributed by atoms with Crippen LogP contribution in [-0.2, 0) is 6.54 Å². The van der Waals surface area contributed by atoms with E-state index in [0.29, 0.717) is 18.2 Å². The van der Waals surface area contributed by atoms with Gasteiger partial charge in [-0.25, -0.2) is 4.39 Å². The average molecular weight is 281 g/mol. The molecule has 5 nitrogen and oxygen atoms in total. The molecule has 1 heterocycles. The fraction of sp³-hybridized carbons (Fsp3) is 0.571. The van der Waals surface area contributed by atoms with Gasteiger partial charge in [0.05, 0.1) is 11.0 Å². The maximum absolute atomic E-state index is 13.9. The lowest BCUT2D eigenvalue weighted by molar-refractivity contribution is -0.385. The fourth-order valence-corrected chi connectivity index (χ4v) is 2.62. The second kappa shape index (κ2) is 6.76. The predicted molar refractivity (Wildman–Crippen MR) is 75.0 cm³/mol. The molecule has 6 heteroatoms. The van der Waals surface area contributed by atoms with Crippen molar-refractivity contribution in [2.45, 2.75) is 31.8 Å². The van der Waals surface area contributed by atoms with Gasteiger partial charge < -0.3 is 5.32 Å². The Bertz CT molecular complexity index is 473. The van der Waals surface area contributed by atoms with Gasteiger partial charge in [0.15, 0.2) is 0 Å². The number of non-ortho nitro benzene ring substituents is 1. The summed E-state index contributed by atoms with van der Waals surface area (Å²) in [4.78, 5) is 12.2. The molecule has 1 saturated heterocycles. The molecule has 0 spiro atoms. The van der Waals surface area contributed by atoms with Crippen LogP contribution in [0.2, 0.25) is 0 Å². The summed E-state index contributed by atoms with van der Waals surface area (Å²) in [7, 11) is 1.98. The van der Waals surface area contributed by atoms with Crippen LogP contribution in [0.25, 0.3) is 0 Å². The van der Waals surface area contributed by atoms with Gasteiger partial charge in [0.2, 0.25) is 0 Å². The van der Waals surface area contributed by atoms with Gasteiger partial charge in [-0.1, -0.05) is 0 Å². The van der Waals surface area contributed by atoms with E-state index in [1.165, 1.54) is 12.1 Å². The highest BCUT2D eigenvalue weighted by Crippen LogP contribution is 2.20. The molecule has 1 aromatic rings. The molecular weight excluding hydrogens is 261 g/mol. The fourth-order valence-electron chi connectivity index (χ4n) is 2.62. The molecule has 0 bridgehead atoms. The molecule has 0 radical (unpaired) electrons. The van der Waals surface area contributed by atoms with E-state index in [1.54, 1.807) is 0 Å². The number of nitrogens with one attached hydrogen (secondary N) is 1. The number of hydrogen-bond acceptors (Lipinski definition) is 4. The van der Waals surface area contributed by atoms with Crippen molar-refractivity contribution in [1.29, 1.82) is 0 Å². The Balaban J connectivity index is 2.03. The number of benzene rings is 1. The van der Waals surface area contributed by atoms with Crippen LogP contribution in [0, 0.1) is 15.9 Å². The highest BCUT2D eigenvalue weighted by molar-refractivity contribution is 5.34. The van der Waals surface area contributed by atoms with Crippen LogP contribution < -0.4 is 5.32 Å². The first-order chi connectivity index (χ1) is 9.58. The molecule has 0 aromatic heterocycles. The SMILES string of the molecule is CN(Cc1ccc([N+](=O)[O-])cc1F)C1CCCNCC1. The monoisotopic (exact) mass is 281 g/mol. The molecule has 110 valence electrons. The van der Waals surface area contributed by atoms with Crippen molar-refractivity contribution in [2.75, 3.05) is 20.1 Å². The average Bonchev–Trinajstić information content (AvgIpc) is 2.69. The van der Waals surface area contributed by atoms with E-state index in [-0.39, 0.29) is 5.69 Å². The second-order valence-electron chi connectivity index (χ2n) is 5.28. The molecule has 1 fully saturated rings. The van der Waals surface area contributed by atoms with Crippen LogP contribution in [0.3, 0.4) is 0 Å². The second-order valence-corrected chi connectivity index (χ2v) is 5.28. The Hall–Kier alpha value is -1.53. The number of rotatable bonds is 4. The normalized spacial score (nSPS) is 19.9. The molecule has 1 unspecified atom stereocenters. The van der Waals surface area contributed by atoms with Crippen molar-refractivity contribution in [3.63, 3.8) is 0 Å². The van der Waals surface area contributed by atoms with Crippen LogP contribution in [0.15, 0.2) is 18.2 Å². The molecule has 0 amide bonds. The quantitative estimate of drug-likeness (QED) is 0.679. The third kappa shape index (κ3) is 3.74. The molecule has 20 heavy (non-hydrogen) atoms. The molecule has 1 N–H and O–H groups in total. The summed E-state index contributed by atoms with van der Waals surface area (Å²) >= 11 is 0. The first kappa shape index (κ1) is 14.9. The summed E-state index contributed by atoms with van der Waals surface area (Å²) < 4.78 is 13.9. The Labute approximate surface area is 117 Å². The lowest BCUT2D eigenvalue weighted by Crippen LogP contribution is -2.32. The number of halogens is 1. The van der Waals surface area contributed by atoms with Crippen molar-refractivity contribution >= 4 is 5.69 Å². The summed E-state index contributed by atoms with van der Waals surface area (Å²) in [6.07, 6.45) is 3.26. The van der Waals surface area contributed by atoms with Crippen molar-refractivity contribution in [3.8, 4) is 0 Å². The zero-order valence-electron chi connectivity index (χ0n) is 11.6. The molecule has 1 aromatic carbocycles. The predicted octanol–water partition coefficient (Wildman–Crippen LogP) is 2.31. The smallest absolute Gasteiger partial charge is 0.272 e. The van der Waals surface area contributed by atoms with Gasteiger partial charge in [-0.3, -0.25) is 15.0 Å². The summed E-state index contributed by atoms with van der Waals surface area (Å²) in [6.45, 7) is 2.50. The first-order valence-electron chi connectivity index (χ1n) is 6.91. The Morgan fingerprint density at radius 3 is 2.95 bits per heavy atom. The lowest BCUT2D eigenvalue weighted by Gasteiger charge is -2.27. The third-order valence-electron chi connectivity index (χ3n) is 3.84. The summed E-state index contributed by atoms with van der Waals surface area (Å²) in [5.74, 6) is -0.502. The van der Waals surface area contributed by atoms with Crippen LogP contribution in [0.1, 0.15) is 24.8 Å². The van der Waals surface area contributed by atoms with E-state index in [0.717, 1.165) is 38.4 Å². The summed E-state index contributed by atoms with van der Waals surface area (Å²) in [5.41, 5.74) is 0.308. The number of nitro groups is 1. The van der Waals surface area contributed by atoms with Gasteiger partial charge in [-0.05, 0) is 45.5 Å². The van der Waals surface area contributed by atoms with E-state index >= 15 is 0 Å². The zero-order valence-corrected chi connectivity index (χ0v) is 11.6. The van der Waals surface area contributed by atoms with Gasteiger partial charge in [0.25, 0.3) is 5.69 Å². The Morgan fingerprint density at radius 1 is 1.45 bits per heavy atom. The topological polar surface area (TPSA) is 58.4 Å². The molecule has 2 rings (SSSR count). The van der Waals surface area contributed by atoms with Crippen LogP contribution in [-0.4, -0.2) is 36.0 Å². The highest BCUT2D eigenvalue weighted by Gasteiger charge is 2.19. The molecule has 0 aliphatic carbocycles. The minimum absolute atomic E-state index is 0.201. The van der Waals surface area contributed by atoms with E-state index in [2.05, 4.69) is 10.2 Å². The van der Waals surface area contributed by atoms with Gasteiger partial charge in [-0.15, -0.1) is 0 Å². The maximum Gasteiger partial charge on any atom is 0.272 e. The van der Waals surface area contributed by atoms with Gasteiger partial charge in [-0.2, -0.15) is 0 Å². The highest BCUT2D eigenvalue weighted by atomic mass is 19.1. The van der Waals surface area contributed by atoms with Crippen molar-refractivity contribution in [3.05, 3.63) is 39.7 Å². The van der Waals surface area contributed by atoms with E-state index in [1.807, 2.05) is 7.05 Å². The molecular formula is C14H20FN3O2. The lowest BCUT2D eigenvalue weighted by atomic mass is 10.1. The van der Waals surface area contributed by atoms with Crippen molar-refractivity contribution in [1.82, 2.24) is 10.2 Å². The van der Waals surface area contributed by atoms with Crippen LogP contribution in [0.5, 0.6) is 0 Å². The maximum atomic E-state index is 13.9. The summed E-state index contributed by atoms with van der Waals surface area (Å²) in [5, 5.41) is 13.9. The Kier molecular flexibility index (Phi) is 5.03. The van der Waals surface area contributed by atoms with Crippen molar-refractivity contribution < 1.29 is 9.31 Å². The zero-order chi connectivity index (χ0) is 14.5. The molecule has 1 aliphatic rings. The Morgan fingerprint density at radius 2 is 2.25 bits per heavy atom. The largest absolute Gasteiger partial charge is 0.317 e. The van der Waals surface area contributed by atoms with Gasteiger partial charge in [0, 0.05) is 24.2 Å². The van der Waals surface area contributed by atoms with Gasteiger partial charge >= 0.3 is 0 Å². The van der Waals surface area contributed by atoms with Gasteiger partial charge in [0.1, 0.15) is 5.82 Å². The standard InChI is InChI=1S/C14H20FN3O2/c1-17(12-3-2-7-16-8-6-12)10-11-4-5-13(18(19)20)9-14(11)15/h4-5,9,12,16H,2-3,6-8,10H2,1H3. The van der Waals surface area contributed by atoms with Crippen LogP contribution >= 0.6 is 0 Å². The molecule has 1 aliphatic heterocycles. The third-order valence-corrected chi connectivity index (χ3v) is 3.84. The minimum Gasteiger partial charge on any atom is -0.317 e. The molecule has 0 saturated carbocycles. The molecule has 1 atom stereocenters. The van der Waals surface area contributed by atoms with Crippen molar-refractivity contribution in [2.24, 2.45) is 0 Å². The van der Waals surface area contributed by atoms with E-state index < -0.39 is 10.7 Å². The summed E-state index contributed by atoms with van der Waals surface area (Å²) in [6, 6.07) is 4.30. The number of hydrogen-bond donors (Lipinski definition) is 1. The van der Waals surface area contributed by atoms with E-state index in [9.17, 15) is 14.5 Å². The number of nitrogens with zero attached hydrogens (tertiary/aromatic N) is 2. The van der Waals surface area contributed by atoms with E-state index in [4.69, 9.17) is 0 Å². The van der Waals surface area contributed by atoms with Crippen LogP contribution in [0.4, 0.5) is 10.1 Å².